The van der Waals surface area contributed by atoms with Crippen molar-refractivity contribution in [1.82, 2.24) is 5.01 Å². The van der Waals surface area contributed by atoms with Gasteiger partial charge in [-0.15, -0.1) is 0 Å². The number of ether oxygens (including phenoxy) is 1. The van der Waals surface area contributed by atoms with Gasteiger partial charge in [-0.2, -0.15) is 5.10 Å². The monoisotopic (exact) mass is 558 g/mol. The highest BCUT2D eigenvalue weighted by Crippen LogP contribution is 2.45. The van der Waals surface area contributed by atoms with Crippen molar-refractivity contribution in [2.24, 2.45) is 11.0 Å². The number of anilines is 1. The van der Waals surface area contributed by atoms with Crippen molar-refractivity contribution in [3.63, 3.8) is 0 Å². The molecule has 0 aromatic heterocycles. The third kappa shape index (κ3) is 5.35. The highest BCUT2D eigenvalue weighted by atomic mass is 19.1. The average molecular weight is 559 g/mol. The Morgan fingerprint density at radius 1 is 1.00 bits per heavy atom. The van der Waals surface area contributed by atoms with Crippen molar-refractivity contribution >= 4 is 29.1 Å². The minimum atomic E-state index is -0.506. The first-order valence-corrected chi connectivity index (χ1v) is 13.6. The number of nitro groups is 1. The van der Waals surface area contributed by atoms with E-state index in [1.165, 1.54) is 35.3 Å². The molecule has 41 heavy (non-hydrogen) atoms. The Morgan fingerprint density at radius 2 is 1.68 bits per heavy atom. The highest BCUT2D eigenvalue weighted by Gasteiger charge is 2.44. The normalized spacial score (nSPS) is 21.5. The minimum absolute atomic E-state index is 0.146. The first kappa shape index (κ1) is 26.8. The molecule has 3 aromatic carbocycles. The number of nitrogens with zero attached hydrogens (tertiary/aromatic N) is 4. The largest absolute Gasteiger partial charge is 0.378 e. The first-order chi connectivity index (χ1) is 19.9. The van der Waals surface area contributed by atoms with Crippen LogP contribution in [0.3, 0.4) is 0 Å². The van der Waals surface area contributed by atoms with E-state index in [0.717, 1.165) is 41.7 Å². The summed E-state index contributed by atoms with van der Waals surface area (Å²) in [6.07, 6.45) is 4.32. The maximum Gasteiger partial charge on any atom is 0.293 e. The number of morpholine rings is 1. The summed E-state index contributed by atoms with van der Waals surface area (Å²) in [5, 5.41) is 18.3. The SMILES string of the molecule is O=C(c1ccc(N2CCOCC2)c([N+](=O)[O-])c1)N1N=C2/C(=C\c3ccc(F)cc3)CCC[C@H]2[C@H]1c1ccc(F)cc1. The van der Waals surface area contributed by atoms with Gasteiger partial charge in [-0.25, -0.2) is 13.8 Å². The zero-order valence-corrected chi connectivity index (χ0v) is 22.2. The predicted octanol–water partition coefficient (Wildman–Crippen LogP) is 6.15. The maximum absolute atomic E-state index is 14.0. The Kier molecular flexibility index (Phi) is 7.32. The number of carbonyl (C=O) groups is 1. The van der Waals surface area contributed by atoms with E-state index in [-0.39, 0.29) is 28.8 Å². The molecule has 3 aliphatic rings. The quantitative estimate of drug-likeness (QED) is 0.277. The topological polar surface area (TPSA) is 88.3 Å². The molecule has 0 radical (unpaired) electrons. The van der Waals surface area contributed by atoms with Crippen LogP contribution in [0.2, 0.25) is 0 Å². The molecule has 0 spiro atoms. The van der Waals surface area contributed by atoms with Crippen LogP contribution >= 0.6 is 0 Å². The van der Waals surface area contributed by atoms with E-state index in [1.54, 1.807) is 36.4 Å². The van der Waals surface area contributed by atoms with Crippen LogP contribution in [0.4, 0.5) is 20.2 Å². The molecular weight excluding hydrogens is 530 g/mol. The van der Waals surface area contributed by atoms with E-state index in [1.807, 2.05) is 11.0 Å². The van der Waals surface area contributed by atoms with Gasteiger partial charge in [-0.05, 0) is 78.4 Å². The smallest absolute Gasteiger partial charge is 0.293 e. The van der Waals surface area contributed by atoms with Crippen molar-refractivity contribution in [3.05, 3.63) is 111 Å². The van der Waals surface area contributed by atoms with E-state index in [9.17, 15) is 23.7 Å². The number of hydrogen-bond donors (Lipinski definition) is 0. The van der Waals surface area contributed by atoms with Gasteiger partial charge in [0, 0.05) is 30.6 Å². The van der Waals surface area contributed by atoms with Crippen LogP contribution in [0.25, 0.3) is 6.08 Å². The molecule has 2 heterocycles. The number of benzene rings is 3. The number of rotatable bonds is 5. The van der Waals surface area contributed by atoms with Gasteiger partial charge in [0.1, 0.15) is 17.3 Å². The number of hydrazone groups is 1. The minimum Gasteiger partial charge on any atom is -0.378 e. The summed E-state index contributed by atoms with van der Waals surface area (Å²) in [5.41, 5.74) is 3.68. The number of allylic oxidation sites excluding steroid dienone is 1. The fourth-order valence-corrected chi connectivity index (χ4v) is 5.93. The molecule has 3 aromatic rings. The van der Waals surface area contributed by atoms with Crippen LogP contribution < -0.4 is 4.90 Å². The second-order valence-electron chi connectivity index (χ2n) is 10.4. The maximum atomic E-state index is 14.0. The van der Waals surface area contributed by atoms with Crippen molar-refractivity contribution in [2.45, 2.75) is 25.3 Å². The van der Waals surface area contributed by atoms with Gasteiger partial charge in [0.15, 0.2) is 0 Å². The lowest BCUT2D eigenvalue weighted by atomic mass is 9.77. The van der Waals surface area contributed by atoms with Crippen LogP contribution in [-0.2, 0) is 4.74 Å². The lowest BCUT2D eigenvalue weighted by molar-refractivity contribution is -0.384. The summed E-state index contributed by atoms with van der Waals surface area (Å²) in [6, 6.07) is 16.2. The predicted molar refractivity (Wildman–Crippen MR) is 151 cm³/mol. The van der Waals surface area contributed by atoms with Crippen molar-refractivity contribution in [3.8, 4) is 0 Å². The second kappa shape index (κ2) is 11.2. The van der Waals surface area contributed by atoms with E-state index in [0.29, 0.717) is 32.0 Å². The van der Waals surface area contributed by atoms with E-state index >= 15 is 0 Å². The zero-order valence-electron chi connectivity index (χ0n) is 22.2. The second-order valence-corrected chi connectivity index (χ2v) is 10.4. The van der Waals surface area contributed by atoms with Gasteiger partial charge in [-0.1, -0.05) is 24.3 Å². The summed E-state index contributed by atoms with van der Waals surface area (Å²) in [5.74, 6) is -1.33. The molecule has 1 amide bonds. The molecular formula is C31H28F2N4O4. The molecule has 0 N–H and O–H groups in total. The fraction of sp³-hybridized carbons (Fsp3) is 0.290. The standard InChI is InChI=1S/C31H28F2N4O4/c32-24-9-4-20(5-10-24)18-22-2-1-3-26-29(22)34-36(30(26)21-6-11-25(33)12-7-21)31(38)23-8-13-27(28(19-23)37(39)40)35-14-16-41-17-15-35/h4-13,18-19,26,30H,1-3,14-17H2/b22-18-/t26-,30-/m1/s1. The van der Waals surface area contributed by atoms with Crippen molar-refractivity contribution in [2.75, 3.05) is 31.2 Å². The molecule has 210 valence electrons. The van der Waals surface area contributed by atoms with Crippen molar-refractivity contribution in [1.29, 1.82) is 0 Å². The van der Waals surface area contributed by atoms with Crippen LogP contribution in [0.15, 0.2) is 77.4 Å². The number of halogens is 2. The molecule has 10 heteroatoms. The molecule has 2 atom stereocenters. The summed E-state index contributed by atoms with van der Waals surface area (Å²) < 4.78 is 32.7. The van der Waals surface area contributed by atoms with Crippen LogP contribution in [0.5, 0.6) is 0 Å². The molecule has 2 aliphatic heterocycles. The van der Waals surface area contributed by atoms with Crippen LogP contribution in [0.1, 0.15) is 46.8 Å². The number of amides is 1. The van der Waals surface area contributed by atoms with Gasteiger partial charge in [0.05, 0.1) is 29.9 Å². The highest BCUT2D eigenvalue weighted by molar-refractivity contribution is 6.09. The van der Waals surface area contributed by atoms with Crippen molar-refractivity contribution < 1.29 is 23.2 Å². The summed E-state index contributed by atoms with van der Waals surface area (Å²) in [4.78, 5) is 27.5. The number of hydrogen-bond acceptors (Lipinski definition) is 6. The third-order valence-electron chi connectivity index (χ3n) is 7.90. The lowest BCUT2D eigenvalue weighted by Gasteiger charge is -2.30. The molecule has 8 nitrogen and oxygen atoms in total. The lowest BCUT2D eigenvalue weighted by Crippen LogP contribution is -2.36. The Labute approximate surface area is 235 Å². The van der Waals surface area contributed by atoms with Crippen LogP contribution in [0, 0.1) is 27.7 Å². The summed E-state index contributed by atoms with van der Waals surface area (Å²) >= 11 is 0. The van der Waals surface area contributed by atoms with E-state index in [2.05, 4.69) is 0 Å². The van der Waals surface area contributed by atoms with Gasteiger partial charge in [0.25, 0.3) is 11.6 Å². The van der Waals surface area contributed by atoms with E-state index in [4.69, 9.17) is 9.84 Å². The number of carbonyl (C=O) groups excluding carboxylic acids is 1. The Balaban J connectivity index is 1.40. The Hall–Kier alpha value is -4.44. The molecule has 2 fully saturated rings. The van der Waals surface area contributed by atoms with Gasteiger partial charge >= 0.3 is 0 Å². The van der Waals surface area contributed by atoms with Crippen LogP contribution in [-0.4, -0.2) is 47.9 Å². The number of nitro benzene ring substituents is 1. The average Bonchev–Trinajstić information content (AvgIpc) is 3.39. The molecule has 1 saturated carbocycles. The third-order valence-corrected chi connectivity index (χ3v) is 7.90. The molecule has 1 saturated heterocycles. The summed E-state index contributed by atoms with van der Waals surface area (Å²) in [7, 11) is 0. The molecule has 0 unspecified atom stereocenters. The molecule has 1 aliphatic carbocycles. The van der Waals surface area contributed by atoms with E-state index < -0.39 is 16.9 Å². The van der Waals surface area contributed by atoms with Gasteiger partial charge < -0.3 is 9.64 Å². The Morgan fingerprint density at radius 3 is 2.37 bits per heavy atom. The van der Waals surface area contributed by atoms with Gasteiger partial charge in [0.2, 0.25) is 0 Å². The molecule has 6 rings (SSSR count). The number of fused-ring (bicyclic) bond motifs is 1. The Bertz CT molecular complexity index is 1530. The summed E-state index contributed by atoms with van der Waals surface area (Å²) in [6.45, 7) is 1.98. The molecule has 0 bridgehead atoms. The first-order valence-electron chi connectivity index (χ1n) is 13.6. The zero-order chi connectivity index (χ0) is 28.5. The fourth-order valence-electron chi connectivity index (χ4n) is 5.93. The van der Waals surface area contributed by atoms with Gasteiger partial charge in [-0.3, -0.25) is 14.9 Å².